The van der Waals surface area contributed by atoms with Gasteiger partial charge in [-0.15, -0.1) is 11.3 Å². The Labute approximate surface area is 146 Å². The summed E-state index contributed by atoms with van der Waals surface area (Å²) < 4.78 is 0. The van der Waals surface area contributed by atoms with Gasteiger partial charge in [0.15, 0.2) is 5.16 Å². The van der Waals surface area contributed by atoms with Gasteiger partial charge in [-0.2, -0.15) is 0 Å². The van der Waals surface area contributed by atoms with Crippen LogP contribution in [0.15, 0.2) is 39.6 Å². The van der Waals surface area contributed by atoms with Crippen molar-refractivity contribution in [3.8, 4) is 0 Å². The zero-order valence-electron chi connectivity index (χ0n) is 13.2. The highest BCUT2D eigenvalue weighted by Gasteiger charge is 2.16. The number of benzene rings is 1. The number of fused-ring (bicyclic) bond motifs is 1. The SMILES string of the molecule is CC(C)c1ccc(CSc2nc3scc(C(=O)O)c3c(=O)[nH]2)cc1. The molecule has 0 fully saturated rings. The molecule has 0 saturated carbocycles. The second-order valence-corrected chi connectivity index (χ2v) is 7.51. The Hall–Kier alpha value is -2.12. The van der Waals surface area contributed by atoms with Crippen LogP contribution in [0.3, 0.4) is 0 Å². The van der Waals surface area contributed by atoms with Crippen molar-refractivity contribution in [3.05, 3.63) is 56.7 Å². The minimum atomic E-state index is -1.11. The number of H-pyrrole nitrogens is 1. The molecular weight excluding hydrogens is 344 g/mol. The predicted octanol–water partition coefficient (Wildman–Crippen LogP) is 4.10. The van der Waals surface area contributed by atoms with Crippen molar-refractivity contribution in [1.29, 1.82) is 0 Å². The van der Waals surface area contributed by atoms with E-state index in [1.165, 1.54) is 34.0 Å². The molecule has 0 spiro atoms. The summed E-state index contributed by atoms with van der Waals surface area (Å²) in [5.41, 5.74) is 2.03. The fourth-order valence-corrected chi connectivity index (χ4v) is 4.09. The Morgan fingerprint density at radius 3 is 2.67 bits per heavy atom. The minimum absolute atomic E-state index is 0.00424. The molecule has 5 nitrogen and oxygen atoms in total. The van der Waals surface area contributed by atoms with Gasteiger partial charge in [-0.3, -0.25) is 4.79 Å². The highest BCUT2D eigenvalue weighted by Crippen LogP contribution is 2.25. The molecule has 24 heavy (non-hydrogen) atoms. The predicted molar refractivity (Wildman–Crippen MR) is 97.3 cm³/mol. The van der Waals surface area contributed by atoms with E-state index >= 15 is 0 Å². The fourth-order valence-electron chi connectivity index (χ4n) is 2.31. The summed E-state index contributed by atoms with van der Waals surface area (Å²) in [7, 11) is 0. The topological polar surface area (TPSA) is 83.0 Å². The van der Waals surface area contributed by atoms with E-state index in [4.69, 9.17) is 5.11 Å². The van der Waals surface area contributed by atoms with Gasteiger partial charge in [-0.1, -0.05) is 49.9 Å². The fraction of sp³-hybridized carbons (Fsp3) is 0.235. The first kappa shape index (κ1) is 16.7. The summed E-state index contributed by atoms with van der Waals surface area (Å²) in [6.07, 6.45) is 0. The Morgan fingerprint density at radius 2 is 2.04 bits per heavy atom. The molecule has 0 aliphatic carbocycles. The van der Waals surface area contributed by atoms with Crippen LogP contribution in [0.5, 0.6) is 0 Å². The number of thioether (sulfide) groups is 1. The number of aromatic carboxylic acids is 1. The van der Waals surface area contributed by atoms with Crippen molar-refractivity contribution < 1.29 is 9.90 Å². The zero-order chi connectivity index (χ0) is 17.3. The van der Waals surface area contributed by atoms with Crippen LogP contribution in [0.4, 0.5) is 0 Å². The van der Waals surface area contributed by atoms with Crippen LogP contribution in [-0.2, 0) is 5.75 Å². The summed E-state index contributed by atoms with van der Waals surface area (Å²) in [5.74, 6) is 0.0675. The van der Waals surface area contributed by atoms with Crippen molar-refractivity contribution in [2.75, 3.05) is 0 Å². The number of nitrogens with one attached hydrogen (secondary N) is 1. The second-order valence-electron chi connectivity index (χ2n) is 5.69. The maximum atomic E-state index is 12.2. The number of hydrogen-bond acceptors (Lipinski definition) is 5. The van der Waals surface area contributed by atoms with Gasteiger partial charge < -0.3 is 10.1 Å². The number of carboxylic acid groups (broad SMARTS) is 1. The largest absolute Gasteiger partial charge is 0.478 e. The number of rotatable bonds is 5. The maximum Gasteiger partial charge on any atom is 0.337 e. The van der Waals surface area contributed by atoms with Gasteiger partial charge in [0.05, 0.1) is 10.9 Å². The molecule has 0 aliphatic rings. The number of carboxylic acids is 1. The monoisotopic (exact) mass is 360 g/mol. The molecule has 0 atom stereocenters. The molecule has 2 N–H and O–H groups in total. The van der Waals surface area contributed by atoms with Crippen molar-refractivity contribution in [3.63, 3.8) is 0 Å². The molecule has 124 valence electrons. The lowest BCUT2D eigenvalue weighted by molar-refractivity contribution is 0.0699. The normalized spacial score (nSPS) is 11.3. The molecule has 7 heteroatoms. The Kier molecular flexibility index (Phi) is 4.73. The van der Waals surface area contributed by atoms with Gasteiger partial charge in [-0.25, -0.2) is 9.78 Å². The molecule has 3 rings (SSSR count). The van der Waals surface area contributed by atoms with Gasteiger partial charge in [0.25, 0.3) is 5.56 Å². The van der Waals surface area contributed by atoms with E-state index in [2.05, 4.69) is 48.1 Å². The Bertz CT molecular complexity index is 943. The first-order chi connectivity index (χ1) is 11.5. The number of thiophene rings is 1. The van der Waals surface area contributed by atoms with E-state index in [1.807, 2.05) is 0 Å². The molecule has 0 saturated heterocycles. The van der Waals surface area contributed by atoms with Crippen LogP contribution in [0.1, 0.15) is 41.3 Å². The number of nitrogens with zero attached hydrogens (tertiary/aromatic N) is 1. The van der Waals surface area contributed by atoms with Crippen molar-refractivity contribution in [2.45, 2.75) is 30.7 Å². The van der Waals surface area contributed by atoms with E-state index in [0.717, 1.165) is 5.56 Å². The van der Waals surface area contributed by atoms with Crippen molar-refractivity contribution in [2.24, 2.45) is 0 Å². The molecule has 3 aromatic rings. The first-order valence-electron chi connectivity index (χ1n) is 7.42. The van der Waals surface area contributed by atoms with Gasteiger partial charge in [0, 0.05) is 11.1 Å². The molecule has 0 unspecified atom stereocenters. The summed E-state index contributed by atoms with van der Waals surface area (Å²) in [6.45, 7) is 4.31. The average Bonchev–Trinajstić information content (AvgIpc) is 2.98. The molecule has 2 heterocycles. The van der Waals surface area contributed by atoms with Crippen molar-refractivity contribution >= 4 is 39.3 Å². The van der Waals surface area contributed by atoms with Gasteiger partial charge in [-0.05, 0) is 17.0 Å². The van der Waals surface area contributed by atoms with Crippen molar-refractivity contribution in [1.82, 2.24) is 9.97 Å². The third-order valence-electron chi connectivity index (χ3n) is 3.67. The van der Waals surface area contributed by atoms with E-state index in [1.54, 1.807) is 0 Å². The number of aromatic nitrogens is 2. The maximum absolute atomic E-state index is 12.2. The third-order valence-corrected chi connectivity index (χ3v) is 5.49. The van der Waals surface area contributed by atoms with E-state index < -0.39 is 11.5 Å². The summed E-state index contributed by atoms with van der Waals surface area (Å²) >= 11 is 2.60. The van der Waals surface area contributed by atoms with Gasteiger partial charge in [0.1, 0.15) is 4.83 Å². The van der Waals surface area contributed by atoms with Crippen LogP contribution in [-0.4, -0.2) is 21.0 Å². The van der Waals surface area contributed by atoms with Crippen LogP contribution >= 0.6 is 23.1 Å². The number of carbonyl (C=O) groups is 1. The van der Waals surface area contributed by atoms with Crippen LogP contribution in [0.25, 0.3) is 10.2 Å². The summed E-state index contributed by atoms with van der Waals surface area (Å²) in [4.78, 5) is 30.8. The third kappa shape index (κ3) is 3.37. The smallest absolute Gasteiger partial charge is 0.337 e. The Morgan fingerprint density at radius 1 is 1.33 bits per heavy atom. The van der Waals surface area contributed by atoms with E-state index in [-0.39, 0.29) is 10.9 Å². The number of aromatic amines is 1. The highest BCUT2D eigenvalue weighted by molar-refractivity contribution is 7.98. The number of hydrogen-bond donors (Lipinski definition) is 2. The summed E-state index contributed by atoms with van der Waals surface area (Å²) in [5, 5.41) is 11.2. The molecule has 2 aromatic heterocycles. The van der Waals surface area contributed by atoms with Crippen LogP contribution < -0.4 is 5.56 Å². The highest BCUT2D eigenvalue weighted by atomic mass is 32.2. The van der Waals surface area contributed by atoms with Gasteiger partial charge in [0.2, 0.25) is 0 Å². The molecule has 1 aromatic carbocycles. The summed E-state index contributed by atoms with van der Waals surface area (Å²) in [6, 6.07) is 8.37. The Balaban J connectivity index is 1.81. The quantitative estimate of drug-likeness (QED) is 0.529. The zero-order valence-corrected chi connectivity index (χ0v) is 14.8. The average molecular weight is 360 g/mol. The second kappa shape index (κ2) is 6.78. The van der Waals surface area contributed by atoms with E-state index in [0.29, 0.717) is 21.7 Å². The molecule has 0 bridgehead atoms. The van der Waals surface area contributed by atoms with Crippen LogP contribution in [0.2, 0.25) is 0 Å². The lowest BCUT2D eigenvalue weighted by atomic mass is 10.0. The molecule has 0 amide bonds. The minimum Gasteiger partial charge on any atom is -0.478 e. The van der Waals surface area contributed by atoms with Gasteiger partial charge >= 0.3 is 5.97 Å². The molecule has 0 aliphatic heterocycles. The standard InChI is InChI=1S/C17H16N2O3S2/c1-9(2)11-5-3-10(4-6-11)7-24-17-18-14(20)13-12(16(21)22)8-23-15(13)19-17/h3-6,8-9H,7H2,1-2H3,(H,21,22)(H,18,19,20). The molecular formula is C17H16N2O3S2. The lowest BCUT2D eigenvalue weighted by Crippen LogP contribution is -2.11. The van der Waals surface area contributed by atoms with E-state index in [9.17, 15) is 9.59 Å². The molecule has 0 radical (unpaired) electrons. The first-order valence-corrected chi connectivity index (χ1v) is 9.28. The lowest BCUT2D eigenvalue weighted by Gasteiger charge is -2.06. The van der Waals surface area contributed by atoms with Crippen LogP contribution in [0, 0.1) is 0 Å².